The SMILES string of the molecule is CC(C)(C)OC(=O)N1CCCC1CNc1ccccc1[N+](=O)[O-]. The van der Waals surface area contributed by atoms with E-state index < -0.39 is 10.5 Å². The van der Waals surface area contributed by atoms with E-state index >= 15 is 0 Å². The number of para-hydroxylation sites is 2. The van der Waals surface area contributed by atoms with E-state index in [2.05, 4.69) is 5.32 Å². The van der Waals surface area contributed by atoms with Crippen LogP contribution in [0.3, 0.4) is 0 Å². The number of nitrogens with one attached hydrogen (secondary N) is 1. The van der Waals surface area contributed by atoms with E-state index in [1.165, 1.54) is 6.07 Å². The van der Waals surface area contributed by atoms with E-state index in [9.17, 15) is 14.9 Å². The summed E-state index contributed by atoms with van der Waals surface area (Å²) in [5.41, 5.74) is -0.0292. The Morgan fingerprint density at radius 2 is 2.13 bits per heavy atom. The second-order valence-electron chi connectivity index (χ2n) is 6.62. The molecule has 1 aromatic carbocycles. The molecule has 0 bridgehead atoms. The van der Waals surface area contributed by atoms with Crippen LogP contribution in [0.1, 0.15) is 33.6 Å². The van der Waals surface area contributed by atoms with Crippen LogP contribution in [0.5, 0.6) is 0 Å². The molecule has 1 amide bonds. The fourth-order valence-electron chi connectivity index (χ4n) is 2.62. The zero-order valence-corrected chi connectivity index (χ0v) is 13.7. The molecular formula is C16H23N3O4. The molecule has 1 aromatic rings. The number of nitro groups is 1. The van der Waals surface area contributed by atoms with Gasteiger partial charge in [-0.25, -0.2) is 4.79 Å². The van der Waals surface area contributed by atoms with Gasteiger partial charge in [0.2, 0.25) is 0 Å². The number of ether oxygens (including phenoxy) is 1. The van der Waals surface area contributed by atoms with Crippen molar-refractivity contribution in [2.24, 2.45) is 0 Å². The van der Waals surface area contributed by atoms with Gasteiger partial charge in [0.25, 0.3) is 5.69 Å². The summed E-state index contributed by atoms with van der Waals surface area (Å²) < 4.78 is 5.42. The van der Waals surface area contributed by atoms with Crippen molar-refractivity contribution < 1.29 is 14.5 Å². The van der Waals surface area contributed by atoms with Crippen LogP contribution in [0.15, 0.2) is 24.3 Å². The average Bonchev–Trinajstić information content (AvgIpc) is 2.92. The lowest BCUT2D eigenvalue weighted by molar-refractivity contribution is -0.384. The molecule has 1 fully saturated rings. The highest BCUT2D eigenvalue weighted by molar-refractivity contribution is 5.69. The Bertz CT molecular complexity index is 583. The van der Waals surface area contributed by atoms with Gasteiger partial charge >= 0.3 is 6.09 Å². The van der Waals surface area contributed by atoms with Crippen molar-refractivity contribution in [3.63, 3.8) is 0 Å². The van der Waals surface area contributed by atoms with Crippen LogP contribution in [-0.2, 0) is 4.74 Å². The molecule has 126 valence electrons. The number of carbonyl (C=O) groups is 1. The topological polar surface area (TPSA) is 84.7 Å². The lowest BCUT2D eigenvalue weighted by atomic mass is 10.2. The number of benzene rings is 1. The summed E-state index contributed by atoms with van der Waals surface area (Å²) >= 11 is 0. The second kappa shape index (κ2) is 6.85. The predicted molar refractivity (Wildman–Crippen MR) is 87.5 cm³/mol. The minimum Gasteiger partial charge on any atom is -0.444 e. The summed E-state index contributed by atoms with van der Waals surface area (Å²) in [7, 11) is 0. The van der Waals surface area contributed by atoms with Crippen molar-refractivity contribution in [3.8, 4) is 0 Å². The summed E-state index contributed by atoms with van der Waals surface area (Å²) in [6.07, 6.45) is 1.43. The number of hydrogen-bond donors (Lipinski definition) is 1. The molecule has 0 aliphatic carbocycles. The zero-order chi connectivity index (χ0) is 17.0. The number of nitro benzene ring substituents is 1. The third-order valence-electron chi connectivity index (χ3n) is 3.63. The van der Waals surface area contributed by atoms with E-state index in [1.807, 2.05) is 20.8 Å². The van der Waals surface area contributed by atoms with Crippen LogP contribution in [0.4, 0.5) is 16.2 Å². The first-order chi connectivity index (χ1) is 10.8. The Labute approximate surface area is 135 Å². The number of anilines is 1. The fraction of sp³-hybridized carbons (Fsp3) is 0.562. The summed E-state index contributed by atoms with van der Waals surface area (Å²) in [6.45, 7) is 6.62. The van der Waals surface area contributed by atoms with Crippen molar-refractivity contribution in [2.75, 3.05) is 18.4 Å². The number of nitrogens with zero attached hydrogens (tertiary/aromatic N) is 2. The molecule has 0 spiro atoms. The second-order valence-corrected chi connectivity index (χ2v) is 6.62. The molecule has 23 heavy (non-hydrogen) atoms. The van der Waals surface area contributed by atoms with E-state index in [4.69, 9.17) is 4.74 Å². The summed E-state index contributed by atoms with van der Waals surface area (Å²) in [5.74, 6) is 0. The Hall–Kier alpha value is -2.31. The van der Waals surface area contributed by atoms with E-state index in [0.29, 0.717) is 18.8 Å². The van der Waals surface area contributed by atoms with Gasteiger partial charge in [0.15, 0.2) is 0 Å². The lowest BCUT2D eigenvalue weighted by Gasteiger charge is -2.28. The monoisotopic (exact) mass is 321 g/mol. The first-order valence-corrected chi connectivity index (χ1v) is 7.75. The maximum atomic E-state index is 12.2. The quantitative estimate of drug-likeness (QED) is 0.678. The molecule has 1 unspecified atom stereocenters. The summed E-state index contributed by atoms with van der Waals surface area (Å²) in [6, 6.07) is 6.49. The van der Waals surface area contributed by atoms with Crippen molar-refractivity contribution in [2.45, 2.75) is 45.3 Å². The summed E-state index contributed by atoms with van der Waals surface area (Å²) in [5, 5.41) is 14.1. The zero-order valence-electron chi connectivity index (χ0n) is 13.7. The van der Waals surface area contributed by atoms with Gasteiger partial charge in [-0.15, -0.1) is 0 Å². The van der Waals surface area contributed by atoms with Crippen molar-refractivity contribution in [1.29, 1.82) is 0 Å². The highest BCUT2D eigenvalue weighted by Gasteiger charge is 2.32. The van der Waals surface area contributed by atoms with Crippen molar-refractivity contribution >= 4 is 17.5 Å². The molecule has 7 heteroatoms. The molecular weight excluding hydrogens is 298 g/mol. The van der Waals surface area contributed by atoms with Gasteiger partial charge in [-0.3, -0.25) is 10.1 Å². The number of hydrogen-bond acceptors (Lipinski definition) is 5. The molecule has 1 heterocycles. The van der Waals surface area contributed by atoms with Crippen LogP contribution < -0.4 is 5.32 Å². The van der Waals surface area contributed by atoms with Gasteiger partial charge in [-0.2, -0.15) is 0 Å². The first kappa shape index (κ1) is 17.1. The third kappa shape index (κ3) is 4.58. The van der Waals surface area contributed by atoms with Crippen molar-refractivity contribution in [3.05, 3.63) is 34.4 Å². The van der Waals surface area contributed by atoms with Crippen LogP contribution in [0, 0.1) is 10.1 Å². The molecule has 0 aromatic heterocycles. The van der Waals surface area contributed by atoms with Gasteiger partial charge in [-0.05, 0) is 39.7 Å². The Morgan fingerprint density at radius 3 is 2.78 bits per heavy atom. The number of amides is 1. The Morgan fingerprint density at radius 1 is 1.43 bits per heavy atom. The van der Waals surface area contributed by atoms with Gasteiger partial charge in [0.05, 0.1) is 11.0 Å². The Balaban J connectivity index is 2.00. The highest BCUT2D eigenvalue weighted by atomic mass is 16.6. The minimum atomic E-state index is -0.532. The number of likely N-dealkylation sites (tertiary alicyclic amines) is 1. The van der Waals surface area contributed by atoms with Crippen molar-refractivity contribution in [1.82, 2.24) is 4.90 Å². The van der Waals surface area contributed by atoms with E-state index in [-0.39, 0.29) is 17.8 Å². The molecule has 1 aliphatic rings. The minimum absolute atomic E-state index is 0.0235. The molecule has 0 saturated carbocycles. The molecule has 0 radical (unpaired) electrons. The van der Waals surface area contributed by atoms with Crippen LogP contribution in [-0.4, -0.2) is 40.6 Å². The van der Waals surface area contributed by atoms with Crippen LogP contribution >= 0.6 is 0 Å². The number of rotatable bonds is 4. The lowest BCUT2D eigenvalue weighted by Crippen LogP contribution is -2.42. The molecule has 7 nitrogen and oxygen atoms in total. The maximum absolute atomic E-state index is 12.2. The maximum Gasteiger partial charge on any atom is 0.410 e. The first-order valence-electron chi connectivity index (χ1n) is 7.75. The fourth-order valence-corrected chi connectivity index (χ4v) is 2.62. The molecule has 1 N–H and O–H groups in total. The highest BCUT2D eigenvalue weighted by Crippen LogP contribution is 2.25. The molecule has 1 saturated heterocycles. The normalized spacial score (nSPS) is 17.9. The van der Waals surface area contributed by atoms with Crippen LogP contribution in [0.25, 0.3) is 0 Å². The molecule has 1 aliphatic heterocycles. The smallest absolute Gasteiger partial charge is 0.410 e. The summed E-state index contributed by atoms with van der Waals surface area (Å²) in [4.78, 5) is 24.5. The van der Waals surface area contributed by atoms with Gasteiger partial charge in [-0.1, -0.05) is 12.1 Å². The van der Waals surface area contributed by atoms with Crippen LogP contribution in [0.2, 0.25) is 0 Å². The molecule has 1 atom stereocenters. The average molecular weight is 321 g/mol. The third-order valence-corrected chi connectivity index (χ3v) is 3.63. The predicted octanol–water partition coefficient (Wildman–Crippen LogP) is 3.41. The van der Waals surface area contributed by atoms with Gasteiger partial charge < -0.3 is 15.0 Å². The van der Waals surface area contributed by atoms with E-state index in [0.717, 1.165) is 12.8 Å². The molecule has 2 rings (SSSR count). The number of carbonyl (C=O) groups excluding carboxylic acids is 1. The largest absolute Gasteiger partial charge is 0.444 e. The Kier molecular flexibility index (Phi) is 5.08. The standard InChI is InChI=1S/C16H23N3O4/c1-16(2,3)23-15(20)18-10-6-7-12(18)11-17-13-8-4-5-9-14(13)19(21)22/h4-5,8-9,12,17H,6-7,10-11H2,1-3H3. The van der Waals surface area contributed by atoms with E-state index in [1.54, 1.807) is 23.1 Å². The van der Waals surface area contributed by atoms with Gasteiger partial charge in [0, 0.05) is 19.2 Å². The van der Waals surface area contributed by atoms with Gasteiger partial charge in [0.1, 0.15) is 11.3 Å².